The lowest BCUT2D eigenvalue weighted by Gasteiger charge is -1.96. The number of rotatable bonds is 2. The molecule has 0 unspecified atom stereocenters. The molecule has 82 valence electrons. The van der Waals surface area contributed by atoms with Crippen LogP contribution in [-0.4, -0.2) is 25.0 Å². The molecule has 0 N–H and O–H groups in total. The van der Waals surface area contributed by atoms with Gasteiger partial charge in [-0.3, -0.25) is 4.98 Å². The molecule has 0 spiro atoms. The van der Waals surface area contributed by atoms with Gasteiger partial charge in [-0.2, -0.15) is 5.10 Å². The van der Waals surface area contributed by atoms with Gasteiger partial charge >= 0.3 is 0 Å². The Morgan fingerprint density at radius 3 is 2.35 bits per heavy atom. The summed E-state index contributed by atoms with van der Waals surface area (Å²) < 4.78 is 0. The minimum atomic E-state index is 0.690. The Bertz CT molecular complexity index is 549. The average Bonchev–Trinajstić information content (AvgIpc) is 2.90. The van der Waals surface area contributed by atoms with Gasteiger partial charge in [0.15, 0.2) is 5.82 Å². The van der Waals surface area contributed by atoms with Gasteiger partial charge in [-0.05, 0) is 24.3 Å². The van der Waals surface area contributed by atoms with Crippen LogP contribution in [0.3, 0.4) is 0 Å². The second-order valence-corrected chi connectivity index (χ2v) is 3.42. The van der Waals surface area contributed by atoms with Crippen LogP contribution < -0.4 is 0 Å². The summed E-state index contributed by atoms with van der Waals surface area (Å²) in [5.41, 5.74) is 1.53. The van der Waals surface area contributed by atoms with E-state index >= 15 is 0 Å². The van der Waals surface area contributed by atoms with Crippen LogP contribution >= 0.6 is 0 Å². The lowest BCUT2D eigenvalue weighted by atomic mass is 10.3. The van der Waals surface area contributed by atoms with E-state index in [9.17, 15) is 0 Å². The molecule has 0 fully saturated rings. The summed E-state index contributed by atoms with van der Waals surface area (Å²) >= 11 is 0. The van der Waals surface area contributed by atoms with E-state index in [0.29, 0.717) is 5.82 Å². The molecule has 5 nitrogen and oxygen atoms in total. The lowest BCUT2D eigenvalue weighted by molar-refractivity contribution is 0.730. The van der Waals surface area contributed by atoms with E-state index in [-0.39, 0.29) is 0 Å². The Kier molecular flexibility index (Phi) is 2.34. The highest BCUT2D eigenvalue weighted by Gasteiger charge is 2.05. The van der Waals surface area contributed by atoms with E-state index in [1.54, 1.807) is 18.6 Å². The van der Waals surface area contributed by atoms with Crippen molar-refractivity contribution in [1.29, 1.82) is 0 Å². The van der Waals surface area contributed by atoms with Crippen LogP contribution in [0.15, 0.2) is 55.0 Å². The molecule has 5 heteroatoms. The number of hydrogen-bond donors (Lipinski definition) is 0. The standard InChI is InChI=1S/C12H9N5/c1-3-7-13-10(5-1)11-9-15-17(16-11)12-6-2-4-8-14-12/h1-9H. The smallest absolute Gasteiger partial charge is 0.174 e. The SMILES string of the molecule is c1ccc(-c2cnn(-c3ccccn3)n2)nc1. The second kappa shape index (κ2) is 4.13. The first-order valence-electron chi connectivity index (χ1n) is 5.19. The maximum absolute atomic E-state index is 4.33. The van der Waals surface area contributed by atoms with Crippen molar-refractivity contribution in [2.24, 2.45) is 0 Å². The van der Waals surface area contributed by atoms with Gasteiger partial charge in [-0.25, -0.2) is 4.98 Å². The molecule has 0 saturated heterocycles. The number of nitrogens with zero attached hydrogens (tertiary/aromatic N) is 5. The van der Waals surface area contributed by atoms with Crippen LogP contribution in [0.25, 0.3) is 17.2 Å². The first-order chi connectivity index (χ1) is 8.43. The summed E-state index contributed by atoms with van der Waals surface area (Å²) in [5, 5.41) is 8.50. The van der Waals surface area contributed by atoms with E-state index in [1.807, 2.05) is 36.4 Å². The Balaban J connectivity index is 1.99. The van der Waals surface area contributed by atoms with Crippen molar-refractivity contribution in [1.82, 2.24) is 25.0 Å². The molecular formula is C12H9N5. The highest BCUT2D eigenvalue weighted by atomic mass is 15.5. The van der Waals surface area contributed by atoms with Crippen molar-refractivity contribution in [2.75, 3.05) is 0 Å². The van der Waals surface area contributed by atoms with Gasteiger partial charge in [0.1, 0.15) is 5.69 Å². The summed E-state index contributed by atoms with van der Waals surface area (Å²) in [5.74, 6) is 0.690. The first kappa shape index (κ1) is 9.65. The first-order valence-corrected chi connectivity index (χ1v) is 5.19. The minimum Gasteiger partial charge on any atom is -0.254 e. The molecule has 0 amide bonds. The zero-order valence-electron chi connectivity index (χ0n) is 8.93. The van der Waals surface area contributed by atoms with E-state index in [1.165, 1.54) is 4.80 Å². The molecule has 3 aromatic heterocycles. The fourth-order valence-corrected chi connectivity index (χ4v) is 1.48. The molecule has 0 saturated carbocycles. The number of hydrogen-bond acceptors (Lipinski definition) is 4. The maximum atomic E-state index is 4.33. The van der Waals surface area contributed by atoms with Crippen LogP contribution in [0.5, 0.6) is 0 Å². The molecule has 0 atom stereocenters. The molecule has 0 radical (unpaired) electrons. The fraction of sp³-hybridized carbons (Fsp3) is 0. The Morgan fingerprint density at radius 1 is 0.824 bits per heavy atom. The monoisotopic (exact) mass is 223 g/mol. The van der Waals surface area contributed by atoms with Crippen LogP contribution in [0.1, 0.15) is 0 Å². The van der Waals surface area contributed by atoms with E-state index in [2.05, 4.69) is 20.2 Å². The summed E-state index contributed by atoms with van der Waals surface area (Å²) in [6, 6.07) is 11.3. The summed E-state index contributed by atoms with van der Waals surface area (Å²) in [6.45, 7) is 0. The van der Waals surface area contributed by atoms with Crippen molar-refractivity contribution in [2.45, 2.75) is 0 Å². The van der Waals surface area contributed by atoms with Crippen LogP contribution in [0.4, 0.5) is 0 Å². The Morgan fingerprint density at radius 2 is 1.65 bits per heavy atom. The third-order valence-corrected chi connectivity index (χ3v) is 2.27. The van der Waals surface area contributed by atoms with Crippen LogP contribution in [0.2, 0.25) is 0 Å². The molecule has 0 aliphatic rings. The van der Waals surface area contributed by atoms with Crippen LogP contribution in [-0.2, 0) is 0 Å². The van der Waals surface area contributed by atoms with E-state index in [4.69, 9.17) is 0 Å². The molecule has 0 aliphatic carbocycles. The molecule has 0 aromatic carbocycles. The van der Waals surface area contributed by atoms with Crippen molar-refractivity contribution in [3.8, 4) is 17.2 Å². The zero-order valence-corrected chi connectivity index (χ0v) is 8.93. The largest absolute Gasteiger partial charge is 0.254 e. The second-order valence-electron chi connectivity index (χ2n) is 3.42. The van der Waals surface area contributed by atoms with Crippen molar-refractivity contribution in [3.63, 3.8) is 0 Å². The van der Waals surface area contributed by atoms with Gasteiger partial charge < -0.3 is 0 Å². The molecule has 3 rings (SSSR count). The Labute approximate surface area is 97.8 Å². The minimum absolute atomic E-state index is 0.690. The summed E-state index contributed by atoms with van der Waals surface area (Å²) in [4.78, 5) is 9.88. The Hall–Kier alpha value is -2.56. The molecule has 17 heavy (non-hydrogen) atoms. The lowest BCUT2D eigenvalue weighted by Crippen LogP contribution is -2.00. The third kappa shape index (κ3) is 1.90. The molecule has 0 bridgehead atoms. The third-order valence-electron chi connectivity index (χ3n) is 2.27. The highest BCUT2D eigenvalue weighted by Crippen LogP contribution is 2.12. The summed E-state index contributed by atoms with van der Waals surface area (Å²) in [7, 11) is 0. The van der Waals surface area contributed by atoms with E-state index in [0.717, 1.165) is 11.4 Å². The molecule has 3 heterocycles. The van der Waals surface area contributed by atoms with Crippen molar-refractivity contribution < 1.29 is 0 Å². The fourth-order valence-electron chi connectivity index (χ4n) is 1.48. The summed E-state index contributed by atoms with van der Waals surface area (Å²) in [6.07, 6.45) is 5.12. The number of aromatic nitrogens is 5. The molecule has 3 aromatic rings. The highest BCUT2D eigenvalue weighted by molar-refractivity contribution is 5.51. The topological polar surface area (TPSA) is 56.5 Å². The molecular weight excluding hydrogens is 214 g/mol. The van der Waals surface area contributed by atoms with Gasteiger partial charge in [-0.15, -0.1) is 9.90 Å². The zero-order chi connectivity index (χ0) is 11.5. The van der Waals surface area contributed by atoms with Crippen LogP contribution in [0, 0.1) is 0 Å². The van der Waals surface area contributed by atoms with Crippen molar-refractivity contribution >= 4 is 0 Å². The predicted octanol–water partition coefficient (Wildman–Crippen LogP) is 1.72. The quantitative estimate of drug-likeness (QED) is 0.663. The normalized spacial score (nSPS) is 10.4. The van der Waals surface area contributed by atoms with Gasteiger partial charge in [-0.1, -0.05) is 12.1 Å². The van der Waals surface area contributed by atoms with Gasteiger partial charge in [0, 0.05) is 12.4 Å². The van der Waals surface area contributed by atoms with Gasteiger partial charge in [0.05, 0.1) is 11.9 Å². The maximum Gasteiger partial charge on any atom is 0.174 e. The van der Waals surface area contributed by atoms with Gasteiger partial charge in [0.2, 0.25) is 0 Å². The number of pyridine rings is 2. The predicted molar refractivity (Wildman–Crippen MR) is 62.4 cm³/mol. The molecule has 0 aliphatic heterocycles. The average molecular weight is 223 g/mol. The van der Waals surface area contributed by atoms with E-state index < -0.39 is 0 Å². The van der Waals surface area contributed by atoms with Gasteiger partial charge in [0.25, 0.3) is 0 Å². The van der Waals surface area contributed by atoms with Crippen molar-refractivity contribution in [3.05, 3.63) is 55.0 Å².